The number of nitrogens with one attached hydrogen (secondary N) is 1. The monoisotopic (exact) mass is 266 g/mol. The number of aliphatic hydroxyl groups is 1. The molecule has 1 rings (SSSR count). The summed E-state index contributed by atoms with van der Waals surface area (Å²) in [4.78, 5) is 23.0. The maximum Gasteiger partial charge on any atom is 0.326 e. The van der Waals surface area contributed by atoms with Gasteiger partial charge >= 0.3 is 5.97 Å². The minimum atomic E-state index is -1.17. The molecule has 19 heavy (non-hydrogen) atoms. The molecule has 0 saturated carbocycles. The van der Waals surface area contributed by atoms with Crippen molar-refractivity contribution in [2.24, 2.45) is 5.73 Å². The molecule has 0 aliphatic carbocycles. The zero-order valence-corrected chi connectivity index (χ0v) is 10.5. The van der Waals surface area contributed by atoms with E-state index in [4.69, 9.17) is 15.9 Å². The van der Waals surface area contributed by atoms with Gasteiger partial charge in [-0.2, -0.15) is 0 Å². The number of benzene rings is 1. The van der Waals surface area contributed by atoms with Crippen LogP contribution >= 0.6 is 0 Å². The zero-order valence-electron chi connectivity index (χ0n) is 10.5. The Morgan fingerprint density at radius 3 is 2.58 bits per heavy atom. The highest BCUT2D eigenvalue weighted by Gasteiger charge is 2.21. The largest absolute Gasteiger partial charge is 0.480 e. The van der Waals surface area contributed by atoms with Crippen LogP contribution in [0.2, 0.25) is 0 Å². The van der Waals surface area contributed by atoms with Crippen molar-refractivity contribution in [3.8, 4) is 0 Å². The number of aliphatic hydroxyl groups excluding tert-OH is 1. The Labute approximate surface area is 111 Å². The van der Waals surface area contributed by atoms with Gasteiger partial charge in [0, 0.05) is 18.6 Å². The average molecular weight is 266 g/mol. The molecule has 5 N–H and O–H groups in total. The summed E-state index contributed by atoms with van der Waals surface area (Å²) < 4.78 is 0. The SMILES string of the molecule is NCCc1ccccc1C(=O)N[C@H](CCO)C(=O)O. The van der Waals surface area contributed by atoms with E-state index in [-0.39, 0.29) is 13.0 Å². The molecule has 1 aromatic rings. The second kappa shape index (κ2) is 7.50. The first-order chi connectivity index (χ1) is 9.10. The van der Waals surface area contributed by atoms with Crippen molar-refractivity contribution in [1.82, 2.24) is 5.32 Å². The molecule has 0 heterocycles. The molecule has 0 fully saturated rings. The predicted octanol–water partition coefficient (Wildman–Crippen LogP) is -0.247. The Morgan fingerprint density at radius 1 is 1.32 bits per heavy atom. The average Bonchev–Trinajstić information content (AvgIpc) is 2.39. The molecular formula is C13H18N2O4. The lowest BCUT2D eigenvalue weighted by Crippen LogP contribution is -2.41. The lowest BCUT2D eigenvalue weighted by atomic mass is 10.0. The molecule has 104 valence electrons. The molecule has 0 aliphatic heterocycles. The number of nitrogens with two attached hydrogens (primary N) is 1. The molecule has 0 spiro atoms. The van der Waals surface area contributed by atoms with Crippen LogP contribution in [0.25, 0.3) is 0 Å². The third-order valence-electron chi connectivity index (χ3n) is 2.70. The summed E-state index contributed by atoms with van der Waals surface area (Å²) in [5, 5.41) is 20.1. The van der Waals surface area contributed by atoms with Crippen molar-refractivity contribution in [2.75, 3.05) is 13.2 Å². The van der Waals surface area contributed by atoms with Crippen molar-refractivity contribution < 1.29 is 19.8 Å². The van der Waals surface area contributed by atoms with Gasteiger partial charge in [0.2, 0.25) is 0 Å². The summed E-state index contributed by atoms with van der Waals surface area (Å²) in [6.45, 7) is 0.102. The number of carbonyl (C=O) groups excluding carboxylic acids is 1. The van der Waals surface area contributed by atoms with Gasteiger partial charge in [0.05, 0.1) is 0 Å². The van der Waals surface area contributed by atoms with Crippen LogP contribution in [0, 0.1) is 0 Å². The Kier molecular flexibility index (Phi) is 5.98. The number of hydrogen-bond donors (Lipinski definition) is 4. The van der Waals surface area contributed by atoms with E-state index in [1.165, 1.54) is 0 Å². The normalized spacial score (nSPS) is 11.9. The van der Waals surface area contributed by atoms with Crippen LogP contribution in [-0.4, -0.2) is 41.3 Å². The van der Waals surface area contributed by atoms with Crippen molar-refractivity contribution in [3.63, 3.8) is 0 Å². The van der Waals surface area contributed by atoms with Gasteiger partial charge in [-0.25, -0.2) is 4.79 Å². The van der Waals surface area contributed by atoms with E-state index in [0.29, 0.717) is 18.5 Å². The van der Waals surface area contributed by atoms with Crippen molar-refractivity contribution in [1.29, 1.82) is 0 Å². The summed E-state index contributed by atoms with van der Waals surface area (Å²) in [7, 11) is 0. The lowest BCUT2D eigenvalue weighted by molar-refractivity contribution is -0.139. The van der Waals surface area contributed by atoms with E-state index in [0.717, 1.165) is 5.56 Å². The van der Waals surface area contributed by atoms with Gasteiger partial charge in [0.25, 0.3) is 5.91 Å². The Bertz CT molecular complexity index is 448. The van der Waals surface area contributed by atoms with Gasteiger partial charge in [0.1, 0.15) is 6.04 Å². The number of carbonyl (C=O) groups is 2. The summed E-state index contributed by atoms with van der Waals surface area (Å²) in [5.74, 6) is -1.64. The molecule has 0 aromatic heterocycles. The van der Waals surface area contributed by atoms with E-state index in [9.17, 15) is 9.59 Å². The molecule has 0 bridgehead atoms. The van der Waals surface area contributed by atoms with Crippen LogP contribution < -0.4 is 11.1 Å². The highest BCUT2D eigenvalue weighted by Crippen LogP contribution is 2.09. The summed E-state index contributed by atoms with van der Waals surface area (Å²) in [6.07, 6.45) is 0.515. The quantitative estimate of drug-likeness (QED) is 0.544. The molecule has 1 amide bonds. The number of carboxylic acid groups (broad SMARTS) is 1. The molecule has 0 unspecified atom stereocenters. The first kappa shape index (κ1) is 15.1. The Balaban J connectivity index is 2.84. The minimum absolute atomic E-state index is 0.0276. The predicted molar refractivity (Wildman–Crippen MR) is 69.8 cm³/mol. The standard InChI is InChI=1S/C13H18N2O4/c14-7-5-9-3-1-2-4-10(9)12(17)15-11(6-8-16)13(18)19/h1-4,11,16H,5-8,14H2,(H,15,17)(H,18,19)/t11-/m1/s1. The van der Waals surface area contributed by atoms with Crippen LogP contribution in [0.15, 0.2) is 24.3 Å². The lowest BCUT2D eigenvalue weighted by Gasteiger charge is -2.15. The van der Waals surface area contributed by atoms with Gasteiger partial charge in [-0.05, 0) is 24.6 Å². The van der Waals surface area contributed by atoms with E-state index in [1.54, 1.807) is 24.3 Å². The summed E-state index contributed by atoms with van der Waals surface area (Å²) in [5.41, 5.74) is 6.66. The number of rotatable bonds is 7. The fourth-order valence-electron chi connectivity index (χ4n) is 1.74. The second-order valence-electron chi connectivity index (χ2n) is 4.07. The topological polar surface area (TPSA) is 113 Å². The van der Waals surface area contributed by atoms with Gasteiger partial charge in [0.15, 0.2) is 0 Å². The van der Waals surface area contributed by atoms with Crippen LogP contribution in [0.1, 0.15) is 22.3 Å². The molecule has 0 aliphatic rings. The number of carboxylic acids is 1. The third-order valence-corrected chi connectivity index (χ3v) is 2.70. The van der Waals surface area contributed by atoms with Crippen LogP contribution in [0.5, 0.6) is 0 Å². The maximum atomic E-state index is 12.0. The van der Waals surface area contributed by atoms with Gasteiger partial charge in [-0.15, -0.1) is 0 Å². The molecule has 1 aromatic carbocycles. The number of hydrogen-bond acceptors (Lipinski definition) is 4. The van der Waals surface area contributed by atoms with E-state index in [1.807, 2.05) is 0 Å². The van der Waals surface area contributed by atoms with Crippen LogP contribution in [-0.2, 0) is 11.2 Å². The molecule has 1 atom stereocenters. The zero-order chi connectivity index (χ0) is 14.3. The highest BCUT2D eigenvalue weighted by atomic mass is 16.4. The van der Waals surface area contributed by atoms with Crippen LogP contribution in [0.3, 0.4) is 0 Å². The van der Waals surface area contributed by atoms with Gasteiger partial charge < -0.3 is 21.3 Å². The fourth-order valence-corrected chi connectivity index (χ4v) is 1.74. The van der Waals surface area contributed by atoms with Crippen molar-refractivity contribution in [3.05, 3.63) is 35.4 Å². The van der Waals surface area contributed by atoms with Crippen molar-refractivity contribution in [2.45, 2.75) is 18.9 Å². The van der Waals surface area contributed by atoms with Gasteiger partial charge in [-0.1, -0.05) is 18.2 Å². The second-order valence-corrected chi connectivity index (χ2v) is 4.07. The molecular weight excluding hydrogens is 248 g/mol. The molecule has 6 heteroatoms. The van der Waals surface area contributed by atoms with Gasteiger partial charge in [-0.3, -0.25) is 4.79 Å². The maximum absolute atomic E-state index is 12.0. The highest BCUT2D eigenvalue weighted by molar-refractivity contribution is 5.97. The van der Waals surface area contributed by atoms with E-state index >= 15 is 0 Å². The number of amides is 1. The van der Waals surface area contributed by atoms with Crippen LogP contribution in [0.4, 0.5) is 0 Å². The molecule has 6 nitrogen and oxygen atoms in total. The minimum Gasteiger partial charge on any atom is -0.480 e. The Morgan fingerprint density at radius 2 is 2.00 bits per heavy atom. The Hall–Kier alpha value is -1.92. The summed E-state index contributed by atoms with van der Waals surface area (Å²) in [6, 6.07) is 5.81. The first-order valence-corrected chi connectivity index (χ1v) is 6.02. The van der Waals surface area contributed by atoms with Crippen molar-refractivity contribution >= 4 is 11.9 Å². The van der Waals surface area contributed by atoms with E-state index < -0.39 is 17.9 Å². The summed E-state index contributed by atoms with van der Waals surface area (Å²) >= 11 is 0. The third kappa shape index (κ3) is 4.35. The molecule has 0 saturated heterocycles. The molecule has 0 radical (unpaired) electrons. The first-order valence-electron chi connectivity index (χ1n) is 6.02. The number of aliphatic carboxylic acids is 1. The smallest absolute Gasteiger partial charge is 0.326 e. The van der Waals surface area contributed by atoms with E-state index in [2.05, 4.69) is 5.32 Å². The fraction of sp³-hybridized carbons (Fsp3) is 0.385.